The van der Waals surface area contributed by atoms with Gasteiger partial charge < -0.3 is 14.6 Å². The lowest BCUT2D eigenvalue weighted by Gasteiger charge is -2.27. The van der Waals surface area contributed by atoms with E-state index in [1.165, 1.54) is 0 Å². The fourth-order valence-electron chi connectivity index (χ4n) is 4.62. The van der Waals surface area contributed by atoms with Crippen molar-refractivity contribution in [2.75, 3.05) is 20.2 Å². The van der Waals surface area contributed by atoms with Crippen LogP contribution in [0.15, 0.2) is 84.9 Å². The van der Waals surface area contributed by atoms with Crippen molar-refractivity contribution >= 4 is 0 Å². The molecule has 0 aliphatic heterocycles. The zero-order valence-electron chi connectivity index (χ0n) is 22.2. The van der Waals surface area contributed by atoms with Crippen molar-refractivity contribution < 1.29 is 14.6 Å². The fraction of sp³-hybridized carbons (Fsp3) is 0.323. The van der Waals surface area contributed by atoms with Crippen molar-refractivity contribution in [3.05, 3.63) is 96.1 Å². The molecule has 4 rings (SSSR count). The van der Waals surface area contributed by atoms with Crippen LogP contribution in [0.5, 0.6) is 17.4 Å². The van der Waals surface area contributed by atoms with Crippen molar-refractivity contribution in [1.29, 1.82) is 0 Å². The summed E-state index contributed by atoms with van der Waals surface area (Å²) in [6, 6.07) is 27.9. The summed E-state index contributed by atoms with van der Waals surface area (Å²) in [5, 5.41) is 15.9. The predicted molar refractivity (Wildman–Crippen MR) is 148 cm³/mol. The Bertz CT molecular complexity index is 1260. The van der Waals surface area contributed by atoms with Crippen molar-refractivity contribution in [3.63, 3.8) is 0 Å². The molecule has 4 aromatic rings. The standard InChI is InChI=1S/C31H37N3O3/c1-23(2)20-34(21-26(35)18-24-12-7-5-8-13-24)22-29-30(25-14-9-6-10-15-25)32-33(3)31(29)37-28-17-11-16-27(19-28)36-4/h5-17,19,23,26,35H,18,20-22H2,1-4H3. The van der Waals surface area contributed by atoms with Gasteiger partial charge in [0, 0.05) is 38.3 Å². The van der Waals surface area contributed by atoms with E-state index in [0.29, 0.717) is 37.1 Å². The Kier molecular flexibility index (Phi) is 8.99. The van der Waals surface area contributed by atoms with E-state index in [9.17, 15) is 5.11 Å². The van der Waals surface area contributed by atoms with Crippen LogP contribution in [0.1, 0.15) is 25.0 Å². The second kappa shape index (κ2) is 12.6. The number of hydrogen-bond acceptors (Lipinski definition) is 5. The fourth-order valence-corrected chi connectivity index (χ4v) is 4.62. The lowest BCUT2D eigenvalue weighted by molar-refractivity contribution is 0.101. The van der Waals surface area contributed by atoms with E-state index in [1.807, 2.05) is 67.7 Å². The number of benzene rings is 3. The maximum atomic E-state index is 11.0. The van der Waals surface area contributed by atoms with Crippen molar-refractivity contribution in [2.45, 2.75) is 32.9 Å². The largest absolute Gasteiger partial charge is 0.497 e. The minimum absolute atomic E-state index is 0.434. The summed E-state index contributed by atoms with van der Waals surface area (Å²) in [6.45, 7) is 6.39. The molecule has 0 saturated heterocycles. The van der Waals surface area contributed by atoms with Crippen LogP contribution in [0.3, 0.4) is 0 Å². The number of nitrogens with zero attached hydrogens (tertiary/aromatic N) is 3. The first-order valence-electron chi connectivity index (χ1n) is 12.8. The van der Waals surface area contributed by atoms with Crippen LogP contribution in [0.25, 0.3) is 11.3 Å². The quantitative estimate of drug-likeness (QED) is 0.261. The number of aliphatic hydroxyl groups excluding tert-OH is 1. The molecule has 0 amide bonds. The maximum absolute atomic E-state index is 11.0. The van der Waals surface area contributed by atoms with Crippen molar-refractivity contribution in [1.82, 2.24) is 14.7 Å². The normalized spacial score (nSPS) is 12.2. The molecule has 3 aromatic carbocycles. The van der Waals surface area contributed by atoms with Crippen molar-refractivity contribution in [3.8, 4) is 28.6 Å². The molecule has 1 atom stereocenters. The van der Waals surface area contributed by atoms with Crippen LogP contribution in [0.2, 0.25) is 0 Å². The summed E-state index contributed by atoms with van der Waals surface area (Å²) in [4.78, 5) is 2.31. The summed E-state index contributed by atoms with van der Waals surface area (Å²) < 4.78 is 13.6. The molecule has 0 aliphatic rings. The zero-order chi connectivity index (χ0) is 26.2. The number of ether oxygens (including phenoxy) is 2. The first kappa shape index (κ1) is 26.5. The van der Waals surface area contributed by atoms with Gasteiger partial charge in [-0.25, -0.2) is 4.68 Å². The van der Waals surface area contributed by atoms with Gasteiger partial charge in [0.1, 0.15) is 17.2 Å². The number of aryl methyl sites for hydroxylation is 1. The Morgan fingerprint density at radius 2 is 1.57 bits per heavy atom. The Morgan fingerprint density at radius 3 is 2.24 bits per heavy atom. The molecule has 1 heterocycles. The highest BCUT2D eigenvalue weighted by Crippen LogP contribution is 2.35. The summed E-state index contributed by atoms with van der Waals surface area (Å²) in [6.07, 6.45) is 0.127. The average Bonchev–Trinajstić information content (AvgIpc) is 3.19. The first-order chi connectivity index (χ1) is 17.9. The molecule has 0 radical (unpaired) electrons. The summed E-state index contributed by atoms with van der Waals surface area (Å²) in [5.74, 6) is 2.53. The third-order valence-corrected chi connectivity index (χ3v) is 6.18. The van der Waals surface area contributed by atoms with Gasteiger partial charge in [0.05, 0.1) is 18.8 Å². The van der Waals surface area contributed by atoms with Gasteiger partial charge in [-0.1, -0.05) is 80.6 Å². The SMILES string of the molecule is COc1cccc(Oc2c(CN(CC(C)C)CC(O)Cc3ccccc3)c(-c3ccccc3)nn2C)c1. The molecule has 1 N–H and O–H groups in total. The Hall–Kier alpha value is -3.61. The van der Waals surface area contributed by atoms with Crippen molar-refractivity contribution in [2.24, 2.45) is 13.0 Å². The molecule has 194 valence electrons. The van der Waals surface area contributed by atoms with Crippen LogP contribution < -0.4 is 9.47 Å². The third kappa shape index (κ3) is 7.21. The molecule has 1 unspecified atom stereocenters. The molecule has 0 spiro atoms. The molecule has 6 nitrogen and oxygen atoms in total. The van der Waals surface area contributed by atoms with Gasteiger partial charge in [0.2, 0.25) is 5.88 Å². The number of methoxy groups -OCH3 is 1. The minimum atomic E-state index is -0.485. The third-order valence-electron chi connectivity index (χ3n) is 6.18. The molecule has 37 heavy (non-hydrogen) atoms. The van der Waals surface area contributed by atoms with E-state index in [1.54, 1.807) is 11.8 Å². The van der Waals surface area contributed by atoms with Crippen LogP contribution in [-0.2, 0) is 20.0 Å². The van der Waals surface area contributed by atoms with Gasteiger partial charge >= 0.3 is 0 Å². The molecule has 0 aliphatic carbocycles. The smallest absolute Gasteiger partial charge is 0.222 e. The van der Waals surface area contributed by atoms with Gasteiger partial charge in [0.15, 0.2) is 0 Å². The highest BCUT2D eigenvalue weighted by molar-refractivity contribution is 5.65. The summed E-state index contributed by atoms with van der Waals surface area (Å²) >= 11 is 0. The Balaban J connectivity index is 1.66. The average molecular weight is 500 g/mol. The van der Waals surface area contributed by atoms with E-state index >= 15 is 0 Å². The van der Waals surface area contributed by atoms with Crippen LogP contribution in [0, 0.1) is 5.92 Å². The van der Waals surface area contributed by atoms with Crippen LogP contribution in [-0.4, -0.2) is 46.1 Å². The molecular weight excluding hydrogens is 462 g/mol. The highest BCUT2D eigenvalue weighted by Gasteiger charge is 2.24. The Labute approximate surface area is 220 Å². The Morgan fingerprint density at radius 1 is 0.892 bits per heavy atom. The topological polar surface area (TPSA) is 59.8 Å². The first-order valence-corrected chi connectivity index (χ1v) is 12.8. The van der Waals surface area contributed by atoms with Gasteiger partial charge in [-0.3, -0.25) is 4.90 Å². The second-order valence-electron chi connectivity index (χ2n) is 9.83. The highest BCUT2D eigenvalue weighted by atomic mass is 16.5. The number of aromatic nitrogens is 2. The molecule has 6 heteroatoms. The van der Waals surface area contributed by atoms with E-state index in [-0.39, 0.29) is 0 Å². The molecule has 1 aromatic heterocycles. The number of hydrogen-bond donors (Lipinski definition) is 1. The van der Waals surface area contributed by atoms with E-state index < -0.39 is 6.10 Å². The minimum Gasteiger partial charge on any atom is -0.497 e. The molecule has 0 saturated carbocycles. The maximum Gasteiger partial charge on any atom is 0.222 e. The van der Waals surface area contributed by atoms with E-state index in [0.717, 1.165) is 34.7 Å². The lowest BCUT2D eigenvalue weighted by Crippen LogP contribution is -2.35. The molecule has 0 fully saturated rings. The van der Waals surface area contributed by atoms with E-state index in [4.69, 9.17) is 14.6 Å². The summed E-state index contributed by atoms with van der Waals surface area (Å²) in [5.41, 5.74) is 4.03. The zero-order valence-corrected chi connectivity index (χ0v) is 22.2. The number of aliphatic hydroxyl groups is 1. The van der Waals surface area contributed by atoms with Gasteiger partial charge in [-0.2, -0.15) is 5.10 Å². The van der Waals surface area contributed by atoms with Gasteiger partial charge in [-0.05, 0) is 30.0 Å². The molecule has 0 bridgehead atoms. The van der Waals surface area contributed by atoms with Gasteiger partial charge in [0.25, 0.3) is 0 Å². The van der Waals surface area contributed by atoms with Crippen LogP contribution in [0.4, 0.5) is 0 Å². The van der Waals surface area contributed by atoms with E-state index in [2.05, 4.69) is 43.0 Å². The monoisotopic (exact) mass is 499 g/mol. The predicted octanol–water partition coefficient (Wildman–Crippen LogP) is 5.95. The summed E-state index contributed by atoms with van der Waals surface area (Å²) in [7, 11) is 3.55. The second-order valence-corrected chi connectivity index (χ2v) is 9.83. The number of rotatable bonds is 12. The molecular formula is C31H37N3O3. The van der Waals surface area contributed by atoms with Gasteiger partial charge in [-0.15, -0.1) is 0 Å². The van der Waals surface area contributed by atoms with Crippen LogP contribution >= 0.6 is 0 Å². The lowest BCUT2D eigenvalue weighted by atomic mass is 10.0.